The Hall–Kier alpha value is -1.43. The third-order valence-corrected chi connectivity index (χ3v) is 3.13. The number of ether oxygens (including phenoxy) is 2. The van der Waals surface area contributed by atoms with E-state index in [0.29, 0.717) is 5.56 Å². The molecule has 1 saturated heterocycles. The fraction of sp³-hybridized carbons (Fsp3) is 0.500. The number of phenolic OH excluding ortho intramolecular Hbond substituents is 1. The topological polar surface area (TPSA) is 38.7 Å². The van der Waals surface area contributed by atoms with Gasteiger partial charge in [-0.3, -0.25) is 0 Å². The zero-order valence-electron chi connectivity index (χ0n) is 9.75. The Balaban J connectivity index is 2.23. The molecule has 0 bridgehead atoms. The lowest BCUT2D eigenvalue weighted by Crippen LogP contribution is -2.57. The first-order valence-electron chi connectivity index (χ1n) is 5.44. The second-order valence-corrected chi connectivity index (χ2v) is 4.27. The van der Waals surface area contributed by atoms with Crippen molar-refractivity contribution in [2.75, 3.05) is 13.7 Å². The fourth-order valence-electron chi connectivity index (χ4n) is 1.97. The van der Waals surface area contributed by atoms with Gasteiger partial charge >= 0.3 is 6.18 Å². The molecule has 3 nitrogen and oxygen atoms in total. The number of phenols is 1. The molecular weight excluding hydrogens is 249 g/mol. The maximum atomic E-state index is 12.9. The molecule has 1 aromatic carbocycles. The number of benzene rings is 1. The van der Waals surface area contributed by atoms with Crippen molar-refractivity contribution in [1.82, 2.24) is 0 Å². The van der Waals surface area contributed by atoms with E-state index in [-0.39, 0.29) is 30.9 Å². The molecule has 100 valence electrons. The minimum absolute atomic E-state index is 0.0420. The Bertz CT molecular complexity index is 439. The maximum Gasteiger partial charge on any atom is 0.417 e. The number of alkyl halides is 3. The average Bonchev–Trinajstić information content (AvgIpc) is 2.23. The van der Waals surface area contributed by atoms with E-state index in [1.54, 1.807) is 0 Å². The number of hydrogen-bond acceptors (Lipinski definition) is 3. The van der Waals surface area contributed by atoms with E-state index in [9.17, 15) is 18.3 Å². The highest BCUT2D eigenvalue weighted by Crippen LogP contribution is 2.45. The molecule has 0 aliphatic carbocycles. The van der Waals surface area contributed by atoms with Crippen LogP contribution in [0.5, 0.6) is 11.5 Å². The Morgan fingerprint density at radius 3 is 2.56 bits per heavy atom. The van der Waals surface area contributed by atoms with Crippen LogP contribution in [-0.2, 0) is 11.2 Å². The van der Waals surface area contributed by atoms with Crippen LogP contribution in [0.1, 0.15) is 12.0 Å². The first-order valence-corrected chi connectivity index (χ1v) is 5.44. The van der Waals surface area contributed by atoms with E-state index < -0.39 is 11.8 Å². The molecule has 1 fully saturated rings. The SMILES string of the molecule is COc1cc(CC2(C(F)(F)F)CCO2)ccc1O. The Labute approximate surface area is 102 Å². The first kappa shape index (κ1) is 13.0. The summed E-state index contributed by atoms with van der Waals surface area (Å²) in [6, 6.07) is 4.15. The molecule has 0 radical (unpaired) electrons. The molecule has 6 heteroatoms. The number of aromatic hydroxyl groups is 1. The van der Waals surface area contributed by atoms with Crippen LogP contribution < -0.4 is 4.74 Å². The maximum absolute atomic E-state index is 12.9. The van der Waals surface area contributed by atoms with E-state index in [4.69, 9.17) is 9.47 Å². The Morgan fingerprint density at radius 2 is 2.11 bits per heavy atom. The van der Waals surface area contributed by atoms with Gasteiger partial charge in [0.05, 0.1) is 13.7 Å². The number of halogens is 3. The lowest BCUT2D eigenvalue weighted by molar-refractivity contribution is -0.324. The van der Waals surface area contributed by atoms with Gasteiger partial charge in [-0.1, -0.05) is 6.07 Å². The van der Waals surface area contributed by atoms with Gasteiger partial charge in [-0.05, 0) is 17.7 Å². The zero-order chi connectivity index (χ0) is 13.4. The summed E-state index contributed by atoms with van der Waals surface area (Å²) >= 11 is 0. The normalized spacial score (nSPS) is 23.6. The summed E-state index contributed by atoms with van der Waals surface area (Å²) in [7, 11) is 1.35. The van der Waals surface area contributed by atoms with Crippen molar-refractivity contribution in [3.63, 3.8) is 0 Å². The molecule has 1 heterocycles. The predicted octanol–water partition coefficient (Wildman–Crippen LogP) is 2.66. The summed E-state index contributed by atoms with van der Waals surface area (Å²) in [5.41, 5.74) is -1.67. The van der Waals surface area contributed by atoms with E-state index in [0.717, 1.165) is 0 Å². The summed E-state index contributed by atoms with van der Waals surface area (Å²) in [6.07, 6.45) is -4.71. The van der Waals surface area contributed by atoms with E-state index >= 15 is 0 Å². The molecule has 1 atom stereocenters. The molecule has 0 saturated carbocycles. The van der Waals surface area contributed by atoms with Crippen LogP contribution >= 0.6 is 0 Å². The van der Waals surface area contributed by atoms with Crippen molar-refractivity contribution in [3.8, 4) is 11.5 Å². The van der Waals surface area contributed by atoms with Crippen LogP contribution in [0, 0.1) is 0 Å². The number of rotatable bonds is 3. The molecule has 1 aliphatic heterocycles. The van der Waals surface area contributed by atoms with Crippen LogP contribution in [0.3, 0.4) is 0 Å². The van der Waals surface area contributed by atoms with E-state index in [1.807, 2.05) is 0 Å². The largest absolute Gasteiger partial charge is 0.504 e. The van der Waals surface area contributed by atoms with Crippen molar-refractivity contribution in [2.45, 2.75) is 24.6 Å². The second kappa shape index (κ2) is 4.35. The lowest BCUT2D eigenvalue weighted by atomic mass is 9.86. The highest BCUT2D eigenvalue weighted by Gasteiger charge is 2.59. The summed E-state index contributed by atoms with van der Waals surface area (Å²) in [6.45, 7) is 0.120. The monoisotopic (exact) mass is 262 g/mol. The third-order valence-electron chi connectivity index (χ3n) is 3.13. The molecule has 1 unspecified atom stereocenters. The van der Waals surface area contributed by atoms with Gasteiger partial charge in [0, 0.05) is 12.8 Å². The molecular formula is C12H13F3O3. The zero-order valence-corrected chi connectivity index (χ0v) is 9.75. The van der Waals surface area contributed by atoms with E-state index in [2.05, 4.69) is 0 Å². The smallest absolute Gasteiger partial charge is 0.417 e. The van der Waals surface area contributed by atoms with Gasteiger partial charge in [-0.25, -0.2) is 0 Å². The highest BCUT2D eigenvalue weighted by atomic mass is 19.4. The molecule has 1 aliphatic rings. The van der Waals surface area contributed by atoms with Gasteiger partial charge in [-0.15, -0.1) is 0 Å². The first-order chi connectivity index (χ1) is 8.38. The predicted molar refractivity (Wildman–Crippen MR) is 57.7 cm³/mol. The quantitative estimate of drug-likeness (QED) is 0.910. The molecule has 1 aromatic rings. The van der Waals surface area contributed by atoms with Crippen LogP contribution in [0.4, 0.5) is 13.2 Å². The van der Waals surface area contributed by atoms with E-state index in [1.165, 1.54) is 25.3 Å². The number of methoxy groups -OCH3 is 1. The van der Waals surface area contributed by atoms with Crippen molar-refractivity contribution in [3.05, 3.63) is 23.8 Å². The van der Waals surface area contributed by atoms with Crippen molar-refractivity contribution >= 4 is 0 Å². The molecule has 18 heavy (non-hydrogen) atoms. The van der Waals surface area contributed by atoms with Gasteiger partial charge in [0.1, 0.15) is 0 Å². The van der Waals surface area contributed by atoms with Crippen molar-refractivity contribution in [1.29, 1.82) is 0 Å². The summed E-state index contributed by atoms with van der Waals surface area (Å²) in [5.74, 6) is 0.0565. The Morgan fingerprint density at radius 1 is 1.44 bits per heavy atom. The fourth-order valence-corrected chi connectivity index (χ4v) is 1.97. The molecule has 0 spiro atoms. The van der Waals surface area contributed by atoms with Crippen LogP contribution in [0.15, 0.2) is 18.2 Å². The average molecular weight is 262 g/mol. The van der Waals surface area contributed by atoms with Crippen molar-refractivity contribution in [2.24, 2.45) is 0 Å². The van der Waals surface area contributed by atoms with Crippen LogP contribution in [0.25, 0.3) is 0 Å². The standard InChI is InChI=1S/C12H13F3O3/c1-17-10-6-8(2-3-9(10)16)7-11(4-5-18-11)12(13,14)15/h2-3,6,16H,4-5,7H2,1H3. The van der Waals surface area contributed by atoms with Gasteiger partial charge in [0.25, 0.3) is 0 Å². The van der Waals surface area contributed by atoms with Gasteiger partial charge < -0.3 is 14.6 Å². The molecule has 1 N–H and O–H groups in total. The minimum Gasteiger partial charge on any atom is -0.504 e. The van der Waals surface area contributed by atoms with Crippen LogP contribution in [-0.4, -0.2) is 30.6 Å². The minimum atomic E-state index is -4.39. The van der Waals surface area contributed by atoms with Crippen molar-refractivity contribution < 1.29 is 27.8 Å². The molecule has 0 amide bonds. The molecule has 0 aromatic heterocycles. The summed E-state index contributed by atoms with van der Waals surface area (Å²) < 4.78 is 48.3. The Kier molecular flexibility index (Phi) is 3.14. The third kappa shape index (κ3) is 2.12. The van der Waals surface area contributed by atoms with Gasteiger partial charge in [0.15, 0.2) is 17.1 Å². The second-order valence-electron chi connectivity index (χ2n) is 4.27. The van der Waals surface area contributed by atoms with Crippen LogP contribution in [0.2, 0.25) is 0 Å². The van der Waals surface area contributed by atoms with Gasteiger partial charge in [0.2, 0.25) is 0 Å². The highest BCUT2D eigenvalue weighted by molar-refractivity contribution is 5.42. The summed E-state index contributed by atoms with van der Waals surface area (Å²) in [4.78, 5) is 0. The molecule has 2 rings (SSSR count). The lowest BCUT2D eigenvalue weighted by Gasteiger charge is -2.43. The van der Waals surface area contributed by atoms with Gasteiger partial charge in [-0.2, -0.15) is 13.2 Å². The number of hydrogen-bond donors (Lipinski definition) is 1. The summed E-state index contributed by atoms with van der Waals surface area (Å²) in [5, 5.41) is 9.39.